The van der Waals surface area contributed by atoms with Crippen molar-refractivity contribution in [2.24, 2.45) is 0 Å². The number of aliphatic hydroxyl groups is 1. The van der Waals surface area contributed by atoms with Gasteiger partial charge in [-0.2, -0.15) is 0 Å². The first-order valence-corrected chi connectivity index (χ1v) is 8.89. The van der Waals surface area contributed by atoms with Crippen LogP contribution in [0.3, 0.4) is 0 Å². The summed E-state index contributed by atoms with van der Waals surface area (Å²) in [6, 6.07) is 9.39. The van der Waals surface area contributed by atoms with Crippen molar-refractivity contribution < 1.29 is 23.6 Å². The van der Waals surface area contributed by atoms with Gasteiger partial charge in [-0.1, -0.05) is 29.4 Å². The third-order valence-corrected chi connectivity index (χ3v) is 5.13. The van der Waals surface area contributed by atoms with Gasteiger partial charge >= 0.3 is 0 Å². The Morgan fingerprint density at radius 3 is 2.70 bits per heavy atom. The molecule has 0 bridgehead atoms. The van der Waals surface area contributed by atoms with E-state index < -0.39 is 29.3 Å². The zero-order valence-corrected chi connectivity index (χ0v) is 14.9. The van der Waals surface area contributed by atoms with E-state index in [-0.39, 0.29) is 17.0 Å². The zero-order chi connectivity index (χ0) is 19.1. The van der Waals surface area contributed by atoms with Crippen LogP contribution in [0.5, 0.6) is 0 Å². The molecule has 0 saturated carbocycles. The van der Waals surface area contributed by atoms with Crippen LogP contribution in [0.2, 0.25) is 0 Å². The Kier molecular flexibility index (Phi) is 4.12. The minimum absolute atomic E-state index is 0.0791. The summed E-state index contributed by atoms with van der Waals surface area (Å²) in [5.74, 6) is -2.17. The molecule has 2 aromatic heterocycles. The number of aromatic nitrogens is 1. The maximum Gasteiger partial charge on any atom is 0.295 e. The first-order chi connectivity index (χ1) is 13.0. The highest BCUT2D eigenvalue weighted by atomic mass is 32.1. The number of carbonyl (C=O) groups is 2. The predicted octanol–water partition coefficient (Wildman–Crippen LogP) is 3.97. The second kappa shape index (κ2) is 6.48. The Hall–Kier alpha value is -3.26. The topological polar surface area (TPSA) is 83.6 Å². The molecule has 0 radical (unpaired) electrons. The van der Waals surface area contributed by atoms with Crippen molar-refractivity contribution in [1.29, 1.82) is 0 Å². The first kappa shape index (κ1) is 17.2. The number of rotatable bonds is 4. The van der Waals surface area contributed by atoms with Crippen molar-refractivity contribution in [2.75, 3.05) is 4.90 Å². The zero-order valence-electron chi connectivity index (χ0n) is 14.0. The Balaban J connectivity index is 1.91. The summed E-state index contributed by atoms with van der Waals surface area (Å²) >= 11 is 1.17. The van der Waals surface area contributed by atoms with Crippen LogP contribution in [-0.4, -0.2) is 22.0 Å². The largest absolute Gasteiger partial charge is 0.503 e. The number of benzene rings is 1. The minimum atomic E-state index is -1.15. The summed E-state index contributed by atoms with van der Waals surface area (Å²) in [6.07, 6.45) is 0. The maximum absolute atomic E-state index is 14.6. The van der Waals surface area contributed by atoms with Crippen LogP contribution in [0.15, 0.2) is 63.7 Å². The fourth-order valence-electron chi connectivity index (χ4n) is 3.07. The molecule has 27 heavy (non-hydrogen) atoms. The summed E-state index contributed by atoms with van der Waals surface area (Å²) in [5, 5.41) is 16.0. The molecule has 0 fully saturated rings. The van der Waals surface area contributed by atoms with Crippen LogP contribution in [0, 0.1) is 12.7 Å². The number of hydrogen-bond acceptors (Lipinski definition) is 6. The quantitative estimate of drug-likeness (QED) is 0.688. The van der Waals surface area contributed by atoms with E-state index in [2.05, 4.69) is 5.16 Å². The van der Waals surface area contributed by atoms with Crippen molar-refractivity contribution in [3.63, 3.8) is 0 Å². The van der Waals surface area contributed by atoms with Gasteiger partial charge in [-0.15, -0.1) is 11.3 Å². The third-order valence-electron chi connectivity index (χ3n) is 4.26. The standard InChI is InChI=1S/C19H13FN2O4S/c1-10-9-14(21-26-10)22-16(11-5-2-3-6-12(11)20)15(18(24)19(22)25)17(23)13-7-4-8-27-13/h2-9,16,24H,1H3/t16-/m0/s1. The number of anilines is 1. The average molecular weight is 384 g/mol. The molecule has 1 N–H and O–H groups in total. The van der Waals surface area contributed by atoms with Gasteiger partial charge in [-0.25, -0.2) is 4.39 Å². The van der Waals surface area contributed by atoms with E-state index in [1.54, 1.807) is 30.5 Å². The Labute approximate surface area is 157 Å². The van der Waals surface area contributed by atoms with E-state index in [0.717, 1.165) is 4.90 Å². The average Bonchev–Trinajstić information content (AvgIpc) is 3.37. The Bertz CT molecular complexity index is 1070. The lowest BCUT2D eigenvalue weighted by Crippen LogP contribution is -2.31. The molecule has 0 spiro atoms. The summed E-state index contributed by atoms with van der Waals surface area (Å²) < 4.78 is 19.6. The summed E-state index contributed by atoms with van der Waals surface area (Å²) in [4.78, 5) is 27.2. The van der Waals surface area contributed by atoms with Crippen molar-refractivity contribution in [2.45, 2.75) is 13.0 Å². The van der Waals surface area contributed by atoms with Crippen molar-refractivity contribution >= 4 is 28.8 Å². The van der Waals surface area contributed by atoms with Gasteiger partial charge in [0.05, 0.1) is 16.5 Å². The van der Waals surface area contributed by atoms with Gasteiger partial charge < -0.3 is 9.63 Å². The maximum atomic E-state index is 14.6. The minimum Gasteiger partial charge on any atom is -0.503 e. The molecule has 3 aromatic rings. The smallest absolute Gasteiger partial charge is 0.295 e. The van der Waals surface area contributed by atoms with E-state index in [4.69, 9.17) is 4.52 Å². The number of Topliss-reactive ketones (excluding diaryl/α,β-unsaturated/α-hetero) is 1. The molecule has 1 amide bonds. The molecule has 0 unspecified atom stereocenters. The summed E-state index contributed by atoms with van der Waals surface area (Å²) in [5.41, 5.74) is -0.108. The first-order valence-electron chi connectivity index (χ1n) is 8.01. The van der Waals surface area contributed by atoms with Gasteiger partial charge in [0.1, 0.15) is 11.6 Å². The summed E-state index contributed by atoms with van der Waals surface area (Å²) in [7, 11) is 0. The molecule has 1 aliphatic rings. The molecule has 136 valence electrons. The van der Waals surface area contributed by atoms with E-state index >= 15 is 0 Å². The molecule has 3 heterocycles. The van der Waals surface area contributed by atoms with Crippen molar-refractivity contribution in [3.05, 3.63) is 81.2 Å². The van der Waals surface area contributed by atoms with Crippen LogP contribution in [0.25, 0.3) is 0 Å². The molecule has 8 heteroatoms. The molecule has 1 atom stereocenters. The van der Waals surface area contributed by atoms with Crippen LogP contribution in [0.1, 0.15) is 27.0 Å². The molecule has 1 aromatic carbocycles. The fraction of sp³-hybridized carbons (Fsp3) is 0.105. The predicted molar refractivity (Wildman–Crippen MR) is 96.2 cm³/mol. The van der Waals surface area contributed by atoms with Gasteiger partial charge in [-0.05, 0) is 24.4 Å². The van der Waals surface area contributed by atoms with Crippen LogP contribution in [-0.2, 0) is 4.79 Å². The second-order valence-corrected chi connectivity index (χ2v) is 6.91. The number of halogens is 1. The highest BCUT2D eigenvalue weighted by Gasteiger charge is 2.46. The lowest BCUT2D eigenvalue weighted by atomic mass is 9.95. The number of thiophene rings is 1. The number of aliphatic hydroxyl groups excluding tert-OH is 1. The number of amides is 1. The number of nitrogens with zero attached hydrogens (tertiary/aromatic N) is 2. The SMILES string of the molecule is Cc1cc(N2C(=O)C(O)=C(C(=O)c3cccs3)[C@@H]2c2ccccc2F)no1. The van der Waals surface area contributed by atoms with Gasteiger partial charge in [0.25, 0.3) is 5.91 Å². The third kappa shape index (κ3) is 2.74. The highest BCUT2D eigenvalue weighted by Crippen LogP contribution is 2.42. The monoisotopic (exact) mass is 384 g/mol. The van der Waals surface area contributed by atoms with E-state index in [9.17, 15) is 19.1 Å². The van der Waals surface area contributed by atoms with Gasteiger partial charge in [-0.3, -0.25) is 14.5 Å². The van der Waals surface area contributed by atoms with Crippen LogP contribution in [0.4, 0.5) is 10.2 Å². The molecule has 0 aliphatic carbocycles. The number of carbonyl (C=O) groups excluding carboxylic acids is 2. The lowest BCUT2D eigenvalue weighted by molar-refractivity contribution is -0.117. The normalized spacial score (nSPS) is 17.0. The Morgan fingerprint density at radius 2 is 2.07 bits per heavy atom. The number of ketones is 1. The van der Waals surface area contributed by atoms with Crippen molar-refractivity contribution in [1.82, 2.24) is 5.16 Å². The van der Waals surface area contributed by atoms with E-state index in [1.165, 1.54) is 35.6 Å². The molecule has 6 nitrogen and oxygen atoms in total. The molecule has 1 aliphatic heterocycles. The van der Waals surface area contributed by atoms with Gasteiger partial charge in [0.15, 0.2) is 11.6 Å². The molecular weight excluding hydrogens is 371 g/mol. The number of hydrogen-bond donors (Lipinski definition) is 1. The Morgan fingerprint density at radius 1 is 1.30 bits per heavy atom. The van der Waals surface area contributed by atoms with E-state index in [1.807, 2.05) is 0 Å². The van der Waals surface area contributed by atoms with Crippen molar-refractivity contribution in [3.8, 4) is 0 Å². The van der Waals surface area contributed by atoms with Crippen LogP contribution >= 0.6 is 11.3 Å². The summed E-state index contributed by atoms with van der Waals surface area (Å²) in [6.45, 7) is 1.64. The highest BCUT2D eigenvalue weighted by molar-refractivity contribution is 7.12. The number of aryl methyl sites for hydroxylation is 1. The molecule has 4 rings (SSSR count). The van der Waals surface area contributed by atoms with Gasteiger partial charge in [0.2, 0.25) is 5.78 Å². The second-order valence-electron chi connectivity index (χ2n) is 5.96. The van der Waals surface area contributed by atoms with E-state index in [0.29, 0.717) is 10.6 Å². The van der Waals surface area contributed by atoms with Crippen LogP contribution < -0.4 is 4.90 Å². The fourth-order valence-corrected chi connectivity index (χ4v) is 3.75. The molecular formula is C19H13FN2O4S. The van der Waals surface area contributed by atoms with Gasteiger partial charge in [0, 0.05) is 11.6 Å². The molecule has 0 saturated heterocycles. The lowest BCUT2D eigenvalue weighted by Gasteiger charge is -2.24.